The van der Waals surface area contributed by atoms with Gasteiger partial charge in [-0.05, 0) is 25.0 Å². The van der Waals surface area contributed by atoms with Crippen LogP contribution in [0.4, 0.5) is 5.69 Å². The van der Waals surface area contributed by atoms with Gasteiger partial charge in [0, 0.05) is 35.9 Å². The maximum Gasteiger partial charge on any atom is 0.335 e. The van der Waals surface area contributed by atoms with Crippen molar-refractivity contribution >= 4 is 29.0 Å². The van der Waals surface area contributed by atoms with E-state index in [4.69, 9.17) is 16.3 Å². The number of nitrogens with one attached hydrogen (secondary N) is 1. The first-order chi connectivity index (χ1) is 12.5. The second-order valence-electron chi connectivity index (χ2n) is 6.99. The third-order valence-corrected chi connectivity index (χ3v) is 6.13. The van der Waals surface area contributed by atoms with E-state index in [1.807, 2.05) is 31.2 Å². The standard InChI is InChI=1S/C20H21ClN2O3/c1-3-12(21)11-23-9-8-20-14-6-4-5-7-15(14)22-17(20)13(19(25)26-2)10-16(24)18(20)23/h3-7,18,22H,8-11H2,1-2H3/b12-3-/t18-,20-/m0/s1. The molecule has 2 atom stereocenters. The van der Waals surface area contributed by atoms with E-state index in [1.165, 1.54) is 7.11 Å². The lowest BCUT2D eigenvalue weighted by Gasteiger charge is -2.39. The maximum atomic E-state index is 13.2. The van der Waals surface area contributed by atoms with Crippen molar-refractivity contribution in [3.05, 3.63) is 52.2 Å². The van der Waals surface area contributed by atoms with Gasteiger partial charge < -0.3 is 10.1 Å². The molecule has 1 N–H and O–H groups in total. The lowest BCUT2D eigenvalue weighted by Crippen LogP contribution is -2.52. The molecule has 0 saturated carbocycles. The van der Waals surface area contributed by atoms with Crippen LogP contribution in [0.1, 0.15) is 25.3 Å². The molecule has 0 radical (unpaired) electrons. The second-order valence-corrected chi connectivity index (χ2v) is 7.47. The number of likely N-dealkylation sites (tertiary alicyclic amines) is 1. The van der Waals surface area contributed by atoms with Crippen LogP contribution in [0.3, 0.4) is 0 Å². The quantitative estimate of drug-likeness (QED) is 0.827. The number of hydrogen-bond donors (Lipinski definition) is 1. The molecule has 0 amide bonds. The Morgan fingerprint density at radius 3 is 2.96 bits per heavy atom. The first-order valence-corrected chi connectivity index (χ1v) is 9.16. The van der Waals surface area contributed by atoms with Gasteiger partial charge in [-0.25, -0.2) is 4.79 Å². The Hall–Kier alpha value is -2.11. The lowest BCUT2D eigenvalue weighted by atomic mass is 9.67. The fraction of sp³-hybridized carbons (Fsp3) is 0.400. The third kappa shape index (κ3) is 2.27. The van der Waals surface area contributed by atoms with Crippen LogP contribution in [0.25, 0.3) is 0 Å². The van der Waals surface area contributed by atoms with Crippen molar-refractivity contribution in [3.8, 4) is 0 Å². The number of ketones is 1. The summed E-state index contributed by atoms with van der Waals surface area (Å²) in [4.78, 5) is 27.7. The molecule has 1 aliphatic carbocycles. The van der Waals surface area contributed by atoms with Crippen LogP contribution < -0.4 is 5.32 Å². The number of ether oxygens (including phenoxy) is 1. The van der Waals surface area contributed by atoms with Crippen molar-refractivity contribution in [2.45, 2.75) is 31.2 Å². The summed E-state index contributed by atoms with van der Waals surface area (Å²) in [5.74, 6) is -0.387. The SMILES string of the molecule is C/C=C(\Cl)CN1CC[C@]23C(=C(C(=O)OC)CC(=O)[C@H]12)Nc1ccccc13. The van der Waals surface area contributed by atoms with Gasteiger partial charge in [0.15, 0.2) is 5.78 Å². The van der Waals surface area contributed by atoms with E-state index in [9.17, 15) is 9.59 Å². The Labute approximate surface area is 157 Å². The minimum absolute atomic E-state index is 0.0470. The number of esters is 1. The summed E-state index contributed by atoms with van der Waals surface area (Å²) in [6, 6.07) is 7.66. The predicted molar refractivity (Wildman–Crippen MR) is 100.0 cm³/mol. The molecule has 5 nitrogen and oxygen atoms in total. The number of carbonyl (C=O) groups excluding carboxylic acids is 2. The number of methoxy groups -OCH3 is 1. The summed E-state index contributed by atoms with van der Waals surface area (Å²) in [5.41, 5.74) is 2.79. The molecule has 0 bridgehead atoms. The maximum absolute atomic E-state index is 13.2. The molecule has 1 spiro atoms. The molecule has 2 heterocycles. The van der Waals surface area contributed by atoms with Crippen LogP contribution in [-0.2, 0) is 19.7 Å². The molecule has 136 valence electrons. The average Bonchev–Trinajstić information content (AvgIpc) is 3.19. The van der Waals surface area contributed by atoms with Gasteiger partial charge in [-0.1, -0.05) is 35.9 Å². The van der Waals surface area contributed by atoms with E-state index < -0.39 is 11.4 Å². The van der Waals surface area contributed by atoms with E-state index in [0.717, 1.165) is 34.9 Å². The summed E-state index contributed by atoms with van der Waals surface area (Å²) < 4.78 is 4.97. The number of para-hydroxylation sites is 1. The minimum Gasteiger partial charge on any atom is -0.466 e. The monoisotopic (exact) mass is 372 g/mol. The van der Waals surface area contributed by atoms with Gasteiger partial charge in [0.25, 0.3) is 0 Å². The number of carbonyl (C=O) groups is 2. The van der Waals surface area contributed by atoms with Crippen molar-refractivity contribution in [3.63, 3.8) is 0 Å². The Balaban J connectivity index is 1.90. The summed E-state index contributed by atoms with van der Waals surface area (Å²) in [6.45, 7) is 3.18. The number of rotatable bonds is 3. The molecular formula is C20H21ClN2O3. The molecule has 26 heavy (non-hydrogen) atoms. The number of anilines is 1. The number of halogens is 1. The van der Waals surface area contributed by atoms with E-state index >= 15 is 0 Å². The molecule has 6 heteroatoms. The van der Waals surface area contributed by atoms with E-state index in [1.54, 1.807) is 0 Å². The van der Waals surface area contributed by atoms with Crippen LogP contribution in [0.15, 0.2) is 46.6 Å². The highest BCUT2D eigenvalue weighted by Gasteiger charge is 2.61. The van der Waals surface area contributed by atoms with Crippen molar-refractivity contribution in [1.82, 2.24) is 4.90 Å². The van der Waals surface area contributed by atoms with Gasteiger partial charge in [-0.15, -0.1) is 0 Å². The normalized spacial score (nSPS) is 27.7. The highest BCUT2D eigenvalue weighted by molar-refractivity contribution is 6.29. The molecule has 1 aromatic rings. The largest absolute Gasteiger partial charge is 0.466 e. The van der Waals surface area contributed by atoms with Gasteiger partial charge in [0.05, 0.1) is 24.1 Å². The van der Waals surface area contributed by atoms with Crippen molar-refractivity contribution < 1.29 is 14.3 Å². The van der Waals surface area contributed by atoms with Crippen LogP contribution in [0.5, 0.6) is 0 Å². The Morgan fingerprint density at radius 2 is 2.23 bits per heavy atom. The summed E-state index contributed by atoms with van der Waals surface area (Å²) in [5, 5.41) is 4.15. The molecule has 4 rings (SSSR count). The van der Waals surface area contributed by atoms with E-state index in [-0.39, 0.29) is 18.2 Å². The first-order valence-electron chi connectivity index (χ1n) is 8.79. The Kier molecular flexibility index (Phi) is 4.16. The molecule has 3 aliphatic rings. The van der Waals surface area contributed by atoms with Crippen LogP contribution in [-0.4, -0.2) is 42.9 Å². The lowest BCUT2D eigenvalue weighted by molar-refractivity contribution is -0.138. The van der Waals surface area contributed by atoms with Gasteiger partial charge in [-0.2, -0.15) is 0 Å². The number of hydrogen-bond acceptors (Lipinski definition) is 5. The predicted octanol–water partition coefficient (Wildman–Crippen LogP) is 2.97. The minimum atomic E-state index is -0.527. The number of allylic oxidation sites excluding steroid dienone is 1. The van der Waals surface area contributed by atoms with Gasteiger partial charge >= 0.3 is 5.97 Å². The Bertz CT molecular complexity index is 860. The molecule has 1 saturated heterocycles. The number of fused-ring (bicyclic) bond motifs is 1. The zero-order valence-corrected chi connectivity index (χ0v) is 15.6. The molecule has 0 aromatic heterocycles. The fourth-order valence-electron chi connectivity index (χ4n) is 4.74. The summed E-state index contributed by atoms with van der Waals surface area (Å²) in [6.07, 6.45) is 2.70. The van der Waals surface area contributed by atoms with E-state index in [0.29, 0.717) is 12.1 Å². The molecule has 1 aromatic carbocycles. The zero-order chi connectivity index (χ0) is 18.5. The van der Waals surface area contributed by atoms with Crippen LogP contribution in [0.2, 0.25) is 0 Å². The van der Waals surface area contributed by atoms with Crippen molar-refractivity contribution in [2.75, 3.05) is 25.5 Å². The smallest absolute Gasteiger partial charge is 0.335 e. The second kappa shape index (κ2) is 6.25. The van der Waals surface area contributed by atoms with Gasteiger partial charge in [0.1, 0.15) is 0 Å². The molecule has 2 aliphatic heterocycles. The first kappa shape index (κ1) is 17.3. The van der Waals surface area contributed by atoms with Crippen molar-refractivity contribution in [2.24, 2.45) is 0 Å². The zero-order valence-electron chi connectivity index (χ0n) is 14.8. The number of benzene rings is 1. The van der Waals surface area contributed by atoms with Gasteiger partial charge in [0.2, 0.25) is 0 Å². The summed E-state index contributed by atoms with van der Waals surface area (Å²) in [7, 11) is 1.36. The highest BCUT2D eigenvalue weighted by atomic mass is 35.5. The molecule has 1 fully saturated rings. The Morgan fingerprint density at radius 1 is 1.46 bits per heavy atom. The highest BCUT2D eigenvalue weighted by Crippen LogP contribution is 2.56. The van der Waals surface area contributed by atoms with Crippen LogP contribution >= 0.6 is 11.6 Å². The number of Topliss-reactive ketones (excluding diaryl/α,β-unsaturated/α-hetero) is 1. The third-order valence-electron chi connectivity index (χ3n) is 5.80. The average molecular weight is 373 g/mol. The van der Waals surface area contributed by atoms with E-state index in [2.05, 4.69) is 16.3 Å². The fourth-order valence-corrected chi connectivity index (χ4v) is 4.89. The van der Waals surface area contributed by atoms with Crippen LogP contribution in [0, 0.1) is 0 Å². The molecule has 0 unspecified atom stereocenters. The van der Waals surface area contributed by atoms with Crippen molar-refractivity contribution in [1.29, 1.82) is 0 Å². The van der Waals surface area contributed by atoms with Gasteiger partial charge in [-0.3, -0.25) is 9.69 Å². The topological polar surface area (TPSA) is 58.6 Å². The molecular weight excluding hydrogens is 352 g/mol. The number of nitrogens with zero attached hydrogens (tertiary/aromatic N) is 1. The summed E-state index contributed by atoms with van der Waals surface area (Å²) >= 11 is 6.27.